The summed E-state index contributed by atoms with van der Waals surface area (Å²) in [5.41, 5.74) is 5.99. The molecule has 0 spiro atoms. The van der Waals surface area contributed by atoms with E-state index in [1.807, 2.05) is 13.8 Å². The summed E-state index contributed by atoms with van der Waals surface area (Å²) in [5.74, 6) is -1.15. The third-order valence-electron chi connectivity index (χ3n) is 3.77. The van der Waals surface area contributed by atoms with Crippen LogP contribution < -0.4 is 5.73 Å². The number of amides is 1. The summed E-state index contributed by atoms with van der Waals surface area (Å²) in [6.07, 6.45) is 0.761. The summed E-state index contributed by atoms with van der Waals surface area (Å²) in [6, 6.07) is 1.72. The monoisotopic (exact) mass is 282 g/mol. The number of aryl methyl sites for hydroxylation is 1. The number of likely N-dealkylation sites (tertiary alicyclic amines) is 1. The molecule has 5 nitrogen and oxygen atoms in total. The largest absolute Gasteiger partial charge is 0.477 e. The molecule has 1 aromatic heterocycles. The highest BCUT2D eigenvalue weighted by atomic mass is 32.1. The minimum atomic E-state index is -0.886. The Labute approximate surface area is 116 Å². The lowest BCUT2D eigenvalue weighted by Gasteiger charge is -2.20. The quantitative estimate of drug-likeness (QED) is 0.875. The van der Waals surface area contributed by atoms with Gasteiger partial charge in [0, 0.05) is 18.0 Å². The lowest BCUT2D eigenvalue weighted by Crippen LogP contribution is -2.36. The molecule has 0 radical (unpaired) electrons. The van der Waals surface area contributed by atoms with Gasteiger partial charge in [-0.1, -0.05) is 0 Å². The van der Waals surface area contributed by atoms with Crippen molar-refractivity contribution in [3.63, 3.8) is 0 Å². The van der Waals surface area contributed by atoms with Crippen molar-refractivity contribution < 1.29 is 14.7 Å². The van der Waals surface area contributed by atoms with Crippen LogP contribution in [-0.2, 0) is 11.3 Å². The number of aromatic carboxylic acids is 1. The zero-order valence-electron chi connectivity index (χ0n) is 11.1. The van der Waals surface area contributed by atoms with Crippen LogP contribution >= 0.6 is 11.3 Å². The van der Waals surface area contributed by atoms with Gasteiger partial charge in [0.05, 0.1) is 5.41 Å². The van der Waals surface area contributed by atoms with Gasteiger partial charge in [-0.15, -0.1) is 11.3 Å². The smallest absolute Gasteiger partial charge is 0.345 e. The Balaban J connectivity index is 2.07. The fourth-order valence-corrected chi connectivity index (χ4v) is 3.29. The highest BCUT2D eigenvalue weighted by Gasteiger charge is 2.38. The third-order valence-corrected chi connectivity index (χ3v) is 4.85. The van der Waals surface area contributed by atoms with Crippen LogP contribution in [0.15, 0.2) is 6.07 Å². The molecule has 0 saturated carbocycles. The van der Waals surface area contributed by atoms with Gasteiger partial charge >= 0.3 is 5.97 Å². The van der Waals surface area contributed by atoms with Crippen molar-refractivity contribution in [2.24, 2.45) is 11.1 Å². The molecule has 0 aromatic carbocycles. The lowest BCUT2D eigenvalue weighted by atomic mass is 9.89. The van der Waals surface area contributed by atoms with Gasteiger partial charge in [-0.3, -0.25) is 9.69 Å². The van der Waals surface area contributed by atoms with Crippen molar-refractivity contribution in [1.29, 1.82) is 0 Å². The summed E-state index contributed by atoms with van der Waals surface area (Å²) in [7, 11) is 0. The molecule has 1 amide bonds. The van der Waals surface area contributed by atoms with Gasteiger partial charge < -0.3 is 10.8 Å². The van der Waals surface area contributed by atoms with E-state index in [-0.39, 0.29) is 5.91 Å². The summed E-state index contributed by atoms with van der Waals surface area (Å²) in [6.45, 7) is 5.95. The van der Waals surface area contributed by atoms with Gasteiger partial charge in [0.15, 0.2) is 0 Å². The first-order valence-electron chi connectivity index (χ1n) is 6.17. The number of thiophene rings is 1. The van der Waals surface area contributed by atoms with E-state index in [9.17, 15) is 9.59 Å². The maximum Gasteiger partial charge on any atom is 0.345 e. The average Bonchev–Trinajstić information content (AvgIpc) is 2.86. The average molecular weight is 282 g/mol. The van der Waals surface area contributed by atoms with Crippen LogP contribution in [0.3, 0.4) is 0 Å². The predicted octanol–water partition coefficient (Wildman–Crippen LogP) is 1.45. The zero-order valence-corrected chi connectivity index (χ0v) is 11.9. The molecule has 19 heavy (non-hydrogen) atoms. The molecule has 6 heteroatoms. The zero-order chi connectivity index (χ0) is 14.2. The fraction of sp³-hybridized carbons (Fsp3) is 0.538. The first kappa shape index (κ1) is 14.0. The Kier molecular flexibility index (Phi) is 3.64. The summed E-state index contributed by atoms with van der Waals surface area (Å²) >= 11 is 1.29. The van der Waals surface area contributed by atoms with E-state index in [2.05, 4.69) is 4.90 Å². The maximum atomic E-state index is 11.4. The first-order chi connectivity index (χ1) is 8.82. The molecule has 0 aliphatic carbocycles. The Hall–Kier alpha value is -1.40. The van der Waals surface area contributed by atoms with E-state index in [1.165, 1.54) is 11.3 Å². The SMILES string of the molecule is Cc1sc(C(=O)O)cc1CN1CCC(C)(C(N)=O)C1. The number of nitrogens with two attached hydrogens (primary N) is 1. The van der Waals surface area contributed by atoms with Crippen molar-refractivity contribution in [2.45, 2.75) is 26.8 Å². The van der Waals surface area contributed by atoms with Crippen LogP contribution in [-0.4, -0.2) is 35.0 Å². The minimum absolute atomic E-state index is 0.261. The van der Waals surface area contributed by atoms with Crippen LogP contribution in [0.2, 0.25) is 0 Å². The van der Waals surface area contributed by atoms with Crippen molar-refractivity contribution in [1.82, 2.24) is 4.90 Å². The molecule has 1 unspecified atom stereocenters. The Morgan fingerprint density at radius 1 is 1.58 bits per heavy atom. The van der Waals surface area contributed by atoms with Crippen LogP contribution in [0, 0.1) is 12.3 Å². The van der Waals surface area contributed by atoms with Gasteiger partial charge in [0.2, 0.25) is 5.91 Å². The van der Waals surface area contributed by atoms with Crippen LogP contribution in [0.25, 0.3) is 0 Å². The molecule has 1 aliphatic heterocycles. The number of hydrogen-bond acceptors (Lipinski definition) is 4. The van der Waals surface area contributed by atoms with E-state index in [1.54, 1.807) is 6.07 Å². The molecule has 1 atom stereocenters. The van der Waals surface area contributed by atoms with Crippen molar-refractivity contribution in [3.05, 3.63) is 21.4 Å². The molecule has 1 aromatic rings. The van der Waals surface area contributed by atoms with Crippen LogP contribution in [0.4, 0.5) is 0 Å². The Bertz CT molecular complexity index is 526. The van der Waals surface area contributed by atoms with E-state index < -0.39 is 11.4 Å². The number of primary amides is 1. The maximum absolute atomic E-state index is 11.4. The number of hydrogen-bond donors (Lipinski definition) is 2. The molecule has 2 heterocycles. The molecule has 1 aliphatic rings. The van der Waals surface area contributed by atoms with Crippen molar-refractivity contribution in [3.8, 4) is 0 Å². The Morgan fingerprint density at radius 3 is 2.74 bits per heavy atom. The van der Waals surface area contributed by atoms with Crippen LogP contribution in [0.5, 0.6) is 0 Å². The van der Waals surface area contributed by atoms with Gasteiger partial charge in [0.25, 0.3) is 0 Å². The molecular formula is C13H18N2O3S. The molecule has 1 fully saturated rings. The van der Waals surface area contributed by atoms with Gasteiger partial charge in [-0.05, 0) is 38.4 Å². The normalized spacial score (nSPS) is 23.7. The second-order valence-corrected chi connectivity index (χ2v) is 6.64. The van der Waals surface area contributed by atoms with E-state index in [0.717, 1.165) is 23.4 Å². The van der Waals surface area contributed by atoms with E-state index in [0.29, 0.717) is 18.0 Å². The highest BCUT2D eigenvalue weighted by Crippen LogP contribution is 2.32. The number of rotatable bonds is 4. The fourth-order valence-electron chi connectivity index (χ4n) is 2.42. The molecule has 2 rings (SSSR count). The number of carboxylic acids is 1. The lowest BCUT2D eigenvalue weighted by molar-refractivity contribution is -0.126. The molecule has 1 saturated heterocycles. The van der Waals surface area contributed by atoms with Gasteiger partial charge in [0.1, 0.15) is 4.88 Å². The number of carboxylic acid groups (broad SMARTS) is 1. The molecule has 104 valence electrons. The molecular weight excluding hydrogens is 264 g/mol. The topological polar surface area (TPSA) is 83.6 Å². The predicted molar refractivity (Wildman–Crippen MR) is 73.2 cm³/mol. The summed E-state index contributed by atoms with van der Waals surface area (Å²) in [5, 5.41) is 8.97. The van der Waals surface area contributed by atoms with Crippen molar-refractivity contribution in [2.75, 3.05) is 13.1 Å². The second kappa shape index (κ2) is 4.94. The van der Waals surface area contributed by atoms with E-state index >= 15 is 0 Å². The van der Waals surface area contributed by atoms with E-state index in [4.69, 9.17) is 10.8 Å². The van der Waals surface area contributed by atoms with Gasteiger partial charge in [-0.25, -0.2) is 4.79 Å². The number of nitrogens with zero attached hydrogens (tertiary/aromatic N) is 1. The molecule has 0 bridgehead atoms. The Morgan fingerprint density at radius 2 is 2.26 bits per heavy atom. The number of carbonyl (C=O) groups excluding carboxylic acids is 1. The molecule has 3 N–H and O–H groups in total. The van der Waals surface area contributed by atoms with Crippen LogP contribution in [0.1, 0.15) is 33.5 Å². The summed E-state index contributed by atoms with van der Waals surface area (Å²) in [4.78, 5) is 25.9. The standard InChI is InChI=1S/C13H18N2O3S/c1-8-9(5-10(19-8)11(16)17)6-15-4-3-13(2,7-15)12(14)18/h5H,3-4,6-7H2,1-2H3,(H2,14,18)(H,16,17). The number of carbonyl (C=O) groups is 2. The second-order valence-electron chi connectivity index (χ2n) is 5.38. The third kappa shape index (κ3) is 2.79. The highest BCUT2D eigenvalue weighted by molar-refractivity contribution is 7.14. The van der Waals surface area contributed by atoms with Crippen molar-refractivity contribution >= 4 is 23.2 Å². The summed E-state index contributed by atoms with van der Waals surface area (Å²) < 4.78 is 0. The first-order valence-corrected chi connectivity index (χ1v) is 6.98. The van der Waals surface area contributed by atoms with Gasteiger partial charge in [-0.2, -0.15) is 0 Å². The minimum Gasteiger partial charge on any atom is -0.477 e.